The highest BCUT2D eigenvalue weighted by Gasteiger charge is 2.26. The number of benzene rings is 1. The maximum absolute atomic E-state index is 10.3. The number of hydrogen-bond acceptors (Lipinski definition) is 2. The summed E-state index contributed by atoms with van der Waals surface area (Å²) in [7, 11) is 0. The minimum atomic E-state index is -1.17. The normalized spacial score (nSPS) is 12.8. The fraction of sp³-hybridized carbons (Fsp3) is 0.214. The SMILES string of the molecule is C#CCC(O)(CC#CC=O)c1ccccc1. The van der Waals surface area contributed by atoms with Crippen molar-refractivity contribution in [3.63, 3.8) is 0 Å². The second-order valence-corrected chi connectivity index (χ2v) is 3.39. The van der Waals surface area contributed by atoms with Crippen molar-refractivity contribution in [2.24, 2.45) is 0 Å². The molecule has 2 nitrogen and oxygen atoms in total. The molecule has 1 atom stereocenters. The van der Waals surface area contributed by atoms with Crippen LogP contribution < -0.4 is 0 Å². The Morgan fingerprint density at radius 2 is 2.00 bits per heavy atom. The van der Waals surface area contributed by atoms with Gasteiger partial charge in [-0.05, 0) is 11.5 Å². The molecule has 0 heterocycles. The van der Waals surface area contributed by atoms with E-state index in [1.165, 1.54) is 0 Å². The van der Waals surface area contributed by atoms with Gasteiger partial charge in [0.15, 0.2) is 6.29 Å². The quantitative estimate of drug-likeness (QED) is 0.609. The average molecular weight is 212 g/mol. The molecule has 80 valence electrons. The molecule has 0 spiro atoms. The number of rotatable bonds is 3. The van der Waals surface area contributed by atoms with Crippen LogP contribution in [0.15, 0.2) is 30.3 Å². The first-order valence-electron chi connectivity index (χ1n) is 4.86. The summed E-state index contributed by atoms with van der Waals surface area (Å²) in [6.07, 6.45) is 6.05. The van der Waals surface area contributed by atoms with Crippen molar-refractivity contribution < 1.29 is 9.90 Å². The van der Waals surface area contributed by atoms with E-state index in [-0.39, 0.29) is 12.8 Å². The molecule has 1 N–H and O–H groups in total. The second-order valence-electron chi connectivity index (χ2n) is 3.39. The first-order chi connectivity index (χ1) is 7.73. The molecule has 0 aliphatic carbocycles. The fourth-order valence-corrected chi connectivity index (χ4v) is 1.42. The molecule has 0 fully saturated rings. The third kappa shape index (κ3) is 2.98. The van der Waals surface area contributed by atoms with E-state index < -0.39 is 5.60 Å². The number of carbonyl (C=O) groups excluding carboxylic acids is 1. The third-order valence-corrected chi connectivity index (χ3v) is 2.25. The molecule has 0 saturated carbocycles. The molecule has 0 aliphatic rings. The third-order valence-electron chi connectivity index (χ3n) is 2.25. The molecule has 1 aromatic rings. The Labute approximate surface area is 95.3 Å². The number of aliphatic hydroxyl groups is 1. The van der Waals surface area contributed by atoms with Gasteiger partial charge in [0.25, 0.3) is 0 Å². The van der Waals surface area contributed by atoms with Crippen molar-refractivity contribution in [2.75, 3.05) is 0 Å². The largest absolute Gasteiger partial charge is 0.383 e. The molecule has 0 aromatic heterocycles. The highest BCUT2D eigenvalue weighted by atomic mass is 16.3. The van der Waals surface area contributed by atoms with Gasteiger partial charge >= 0.3 is 0 Å². The van der Waals surface area contributed by atoms with Gasteiger partial charge in [-0.25, -0.2) is 0 Å². The van der Waals surface area contributed by atoms with Gasteiger partial charge in [0.1, 0.15) is 5.60 Å². The van der Waals surface area contributed by atoms with Gasteiger partial charge in [-0.2, -0.15) is 0 Å². The van der Waals surface area contributed by atoms with Crippen molar-refractivity contribution in [1.29, 1.82) is 0 Å². The average Bonchev–Trinajstić information content (AvgIpc) is 2.31. The maximum atomic E-state index is 10.3. The minimum absolute atomic E-state index is 0.153. The predicted octanol–water partition coefficient (Wildman–Crippen LogP) is 1.49. The van der Waals surface area contributed by atoms with Crippen LogP contribution in [-0.2, 0) is 10.4 Å². The smallest absolute Gasteiger partial charge is 0.192 e. The van der Waals surface area contributed by atoms with E-state index in [9.17, 15) is 9.90 Å². The molecular weight excluding hydrogens is 200 g/mol. The lowest BCUT2D eigenvalue weighted by atomic mass is 9.88. The highest BCUT2D eigenvalue weighted by molar-refractivity contribution is 5.72. The van der Waals surface area contributed by atoms with Crippen LogP contribution in [-0.4, -0.2) is 11.4 Å². The Morgan fingerprint density at radius 1 is 1.31 bits per heavy atom. The zero-order chi connectivity index (χ0) is 11.9. The van der Waals surface area contributed by atoms with Gasteiger partial charge in [-0.1, -0.05) is 36.3 Å². The summed E-state index contributed by atoms with van der Waals surface area (Å²) in [6.45, 7) is 0. The standard InChI is InChI=1S/C14H12O2/c1-2-10-14(16,11-6-7-12-15)13-8-4-3-5-9-13/h1,3-5,8-9,12,16H,10-11H2. The monoisotopic (exact) mass is 212 g/mol. The Hall–Kier alpha value is -2.03. The number of hydrogen-bond donors (Lipinski definition) is 1. The van der Waals surface area contributed by atoms with Gasteiger partial charge in [0, 0.05) is 12.8 Å². The topological polar surface area (TPSA) is 37.3 Å². The van der Waals surface area contributed by atoms with Crippen LogP contribution in [0.1, 0.15) is 18.4 Å². The van der Waals surface area contributed by atoms with Crippen LogP contribution in [0.2, 0.25) is 0 Å². The van der Waals surface area contributed by atoms with Crippen LogP contribution in [0.3, 0.4) is 0 Å². The molecule has 0 aliphatic heterocycles. The first-order valence-corrected chi connectivity index (χ1v) is 4.86. The van der Waals surface area contributed by atoms with Gasteiger partial charge in [-0.15, -0.1) is 12.3 Å². The molecule has 1 rings (SSSR count). The summed E-state index contributed by atoms with van der Waals surface area (Å²) >= 11 is 0. The van der Waals surface area contributed by atoms with Crippen LogP contribution in [0.4, 0.5) is 0 Å². The molecule has 1 aromatic carbocycles. The van der Waals surface area contributed by atoms with Crippen molar-refractivity contribution in [1.82, 2.24) is 0 Å². The summed E-state index contributed by atoms with van der Waals surface area (Å²) in [5, 5.41) is 10.3. The fourth-order valence-electron chi connectivity index (χ4n) is 1.42. The van der Waals surface area contributed by atoms with Gasteiger partial charge in [-0.3, -0.25) is 4.79 Å². The summed E-state index contributed by atoms with van der Waals surface area (Å²) in [5.74, 6) is 7.30. The van der Waals surface area contributed by atoms with Crippen molar-refractivity contribution in [3.8, 4) is 24.2 Å². The minimum Gasteiger partial charge on any atom is -0.383 e. The molecule has 1 unspecified atom stereocenters. The summed E-state index contributed by atoms with van der Waals surface area (Å²) < 4.78 is 0. The number of terminal acetylenes is 1. The van der Waals surface area contributed by atoms with Gasteiger partial charge in [0.05, 0.1) is 0 Å². The van der Waals surface area contributed by atoms with Crippen LogP contribution in [0, 0.1) is 24.2 Å². The molecule has 16 heavy (non-hydrogen) atoms. The van der Waals surface area contributed by atoms with E-state index in [1.807, 2.05) is 18.2 Å². The van der Waals surface area contributed by atoms with Crippen molar-refractivity contribution >= 4 is 6.29 Å². The zero-order valence-corrected chi connectivity index (χ0v) is 8.81. The second kappa shape index (κ2) is 5.75. The van der Waals surface area contributed by atoms with E-state index >= 15 is 0 Å². The summed E-state index contributed by atoms with van der Waals surface area (Å²) in [6, 6.07) is 9.09. The molecule has 0 radical (unpaired) electrons. The Morgan fingerprint density at radius 3 is 2.56 bits per heavy atom. The molecule has 0 saturated heterocycles. The molecule has 0 bridgehead atoms. The van der Waals surface area contributed by atoms with E-state index in [2.05, 4.69) is 17.8 Å². The van der Waals surface area contributed by atoms with E-state index in [4.69, 9.17) is 6.42 Å². The lowest BCUT2D eigenvalue weighted by Crippen LogP contribution is -2.24. The predicted molar refractivity (Wildman–Crippen MR) is 62.2 cm³/mol. The van der Waals surface area contributed by atoms with Crippen LogP contribution >= 0.6 is 0 Å². The van der Waals surface area contributed by atoms with E-state index in [0.717, 1.165) is 0 Å². The Kier molecular flexibility index (Phi) is 4.33. The lowest BCUT2D eigenvalue weighted by Gasteiger charge is -2.24. The van der Waals surface area contributed by atoms with Gasteiger partial charge < -0.3 is 5.11 Å². The maximum Gasteiger partial charge on any atom is 0.192 e. The highest BCUT2D eigenvalue weighted by Crippen LogP contribution is 2.27. The number of carbonyl (C=O) groups is 1. The molecule has 0 amide bonds. The Balaban J connectivity index is 2.97. The lowest BCUT2D eigenvalue weighted by molar-refractivity contribution is -0.103. The first kappa shape index (κ1) is 12.0. The van der Waals surface area contributed by atoms with E-state index in [0.29, 0.717) is 11.8 Å². The number of aldehydes is 1. The van der Waals surface area contributed by atoms with Crippen molar-refractivity contribution in [2.45, 2.75) is 18.4 Å². The van der Waals surface area contributed by atoms with Gasteiger partial charge in [0.2, 0.25) is 0 Å². The Bertz CT molecular complexity index is 445. The molecule has 2 heteroatoms. The zero-order valence-electron chi connectivity index (χ0n) is 8.81. The summed E-state index contributed by atoms with van der Waals surface area (Å²) in [5.41, 5.74) is -0.459. The van der Waals surface area contributed by atoms with Crippen LogP contribution in [0.25, 0.3) is 0 Å². The van der Waals surface area contributed by atoms with E-state index in [1.54, 1.807) is 12.1 Å². The van der Waals surface area contributed by atoms with Crippen molar-refractivity contribution in [3.05, 3.63) is 35.9 Å². The van der Waals surface area contributed by atoms with Crippen LogP contribution in [0.5, 0.6) is 0 Å². The molecular formula is C14H12O2. The summed E-state index contributed by atoms with van der Waals surface area (Å²) in [4.78, 5) is 10.1.